The van der Waals surface area contributed by atoms with Crippen molar-refractivity contribution in [1.29, 1.82) is 0 Å². The van der Waals surface area contributed by atoms with Gasteiger partial charge in [0.25, 0.3) is 5.60 Å². The van der Waals surface area contributed by atoms with Crippen LogP contribution in [0, 0.1) is 0 Å². The lowest BCUT2D eigenvalue weighted by atomic mass is 9.79. The second-order valence-corrected chi connectivity index (χ2v) is 10.2. The van der Waals surface area contributed by atoms with Gasteiger partial charge in [-0.05, 0) is 0 Å². The van der Waals surface area contributed by atoms with Gasteiger partial charge in [0.05, 0.1) is 23.4 Å². The molecule has 0 N–H and O–H groups in total. The second-order valence-electron chi connectivity index (χ2n) is 10.2. The minimum atomic E-state index is -5.05. The molecular weight excluding hydrogens is 493 g/mol. The molecular formula is C27H29F3O7. The van der Waals surface area contributed by atoms with Gasteiger partial charge in [0.2, 0.25) is 0 Å². The van der Waals surface area contributed by atoms with E-state index in [2.05, 4.69) is 0 Å². The topological polar surface area (TPSA) is 80.3 Å². The first-order chi connectivity index (χ1) is 17.5. The summed E-state index contributed by atoms with van der Waals surface area (Å²) >= 11 is 0. The molecule has 0 amide bonds. The molecule has 0 saturated carbocycles. The fourth-order valence-corrected chi connectivity index (χ4v) is 6.15. The predicted octanol–water partition coefficient (Wildman–Crippen LogP) is 4.30. The molecule has 0 radical (unpaired) electrons. The molecule has 0 unspecified atom stereocenters. The number of alkyl halides is 3. The molecule has 0 spiro atoms. The number of esters is 2. The van der Waals surface area contributed by atoms with Crippen LogP contribution >= 0.6 is 0 Å². The van der Waals surface area contributed by atoms with Crippen LogP contribution in [-0.4, -0.2) is 60.8 Å². The number of hydrogen-bond acceptors (Lipinski definition) is 7. The highest BCUT2D eigenvalue weighted by Gasteiger charge is 2.65. The van der Waals surface area contributed by atoms with E-state index in [0.29, 0.717) is 19.3 Å². The van der Waals surface area contributed by atoms with Crippen molar-refractivity contribution < 1.29 is 46.4 Å². The fourth-order valence-electron chi connectivity index (χ4n) is 6.15. The number of halogens is 3. The molecule has 37 heavy (non-hydrogen) atoms. The summed E-state index contributed by atoms with van der Waals surface area (Å²) in [6.45, 7) is 1.36. The van der Waals surface area contributed by atoms with Crippen LogP contribution in [0.4, 0.5) is 13.2 Å². The summed E-state index contributed by atoms with van der Waals surface area (Å²) in [4.78, 5) is 24.7. The second kappa shape index (κ2) is 9.25. The molecule has 7 atom stereocenters. The third-order valence-electron chi connectivity index (χ3n) is 7.52. The predicted molar refractivity (Wildman–Crippen MR) is 123 cm³/mol. The normalized spacial score (nSPS) is 35.7. The number of benzene rings is 1. The summed E-state index contributed by atoms with van der Waals surface area (Å²) in [5.41, 5.74) is -5.28. The molecule has 2 fully saturated rings. The zero-order chi connectivity index (χ0) is 26.5. The number of methoxy groups -OCH3 is 1. The smallest absolute Gasteiger partial charge is 0.432 e. The van der Waals surface area contributed by atoms with Crippen molar-refractivity contribution in [1.82, 2.24) is 0 Å². The molecule has 4 bridgehead atoms. The largest absolute Gasteiger partial charge is 0.462 e. The van der Waals surface area contributed by atoms with E-state index in [1.165, 1.54) is 31.2 Å². The van der Waals surface area contributed by atoms with E-state index in [1.807, 2.05) is 24.3 Å². The molecule has 1 aromatic rings. The first-order valence-electron chi connectivity index (χ1n) is 12.3. The average Bonchev–Trinajstić information content (AvgIpc) is 3.27. The average molecular weight is 523 g/mol. The molecule has 4 heterocycles. The molecule has 0 aromatic heterocycles. The van der Waals surface area contributed by atoms with Crippen LogP contribution < -0.4 is 0 Å². The maximum atomic E-state index is 14.3. The van der Waals surface area contributed by atoms with Crippen molar-refractivity contribution in [2.45, 2.75) is 86.4 Å². The van der Waals surface area contributed by atoms with E-state index in [-0.39, 0.29) is 36.6 Å². The number of hydrogen-bond donors (Lipinski definition) is 0. The standard InChI is InChI=1S/C27H29F3O7/c1-17(31)34-21-12-19-8-10-24(14-21,36-19)16-25-11-9-20(37-25)13-22(15-25)35-23(32)26(33-2,27(28,29)30)18-6-4-3-5-7-18/h3-11,19-22H,12-16H2,1-2H3/t19-,20+,21+,22-,24+,25-,26+/m1/s1. The number of carbonyl (C=O) groups is 2. The molecule has 2 saturated heterocycles. The van der Waals surface area contributed by atoms with Gasteiger partial charge in [-0.15, -0.1) is 0 Å². The van der Waals surface area contributed by atoms with E-state index in [0.717, 1.165) is 7.11 Å². The fraction of sp³-hybridized carbons (Fsp3) is 0.556. The van der Waals surface area contributed by atoms with Gasteiger partial charge >= 0.3 is 18.1 Å². The summed E-state index contributed by atoms with van der Waals surface area (Å²) in [6.07, 6.45) is 2.49. The number of fused-ring (bicyclic) bond motifs is 4. The van der Waals surface area contributed by atoms with Crippen molar-refractivity contribution in [2.75, 3.05) is 7.11 Å². The Morgan fingerprint density at radius 3 is 1.97 bits per heavy atom. The molecule has 4 aliphatic heterocycles. The van der Waals surface area contributed by atoms with Gasteiger partial charge in [-0.25, -0.2) is 4.79 Å². The van der Waals surface area contributed by atoms with Gasteiger partial charge in [0.15, 0.2) is 0 Å². The Hall–Kier alpha value is -2.69. The Morgan fingerprint density at radius 2 is 1.49 bits per heavy atom. The highest BCUT2D eigenvalue weighted by atomic mass is 19.4. The Morgan fingerprint density at radius 1 is 0.946 bits per heavy atom. The highest BCUT2D eigenvalue weighted by molar-refractivity contribution is 5.83. The SMILES string of the molecule is CO[C@](C(=O)O[C@@H]1C[C@@H]2C=C[C@](C[C@]34C=C[C@H](C[C@H](OC(C)=O)C3)O4)(C1)O2)(c1ccccc1)C(F)(F)F. The Labute approximate surface area is 212 Å². The number of rotatable bonds is 7. The third kappa shape index (κ3) is 4.70. The monoisotopic (exact) mass is 522 g/mol. The Kier molecular flexibility index (Phi) is 6.49. The van der Waals surface area contributed by atoms with E-state index in [9.17, 15) is 22.8 Å². The third-order valence-corrected chi connectivity index (χ3v) is 7.52. The van der Waals surface area contributed by atoms with Gasteiger partial charge in [0.1, 0.15) is 12.2 Å². The van der Waals surface area contributed by atoms with Gasteiger partial charge < -0.3 is 23.7 Å². The summed E-state index contributed by atoms with van der Waals surface area (Å²) in [6, 6.07) is 6.75. The van der Waals surface area contributed by atoms with Crippen LogP contribution in [0.15, 0.2) is 54.6 Å². The summed E-state index contributed by atoms with van der Waals surface area (Å²) < 4.78 is 71.3. The van der Waals surface area contributed by atoms with Crippen molar-refractivity contribution in [3.63, 3.8) is 0 Å². The molecule has 4 aliphatic rings. The summed E-state index contributed by atoms with van der Waals surface area (Å²) in [7, 11) is 0.848. The Balaban J connectivity index is 1.35. The van der Waals surface area contributed by atoms with Crippen LogP contribution in [0.3, 0.4) is 0 Å². The van der Waals surface area contributed by atoms with E-state index < -0.39 is 41.2 Å². The first kappa shape index (κ1) is 25.9. The van der Waals surface area contributed by atoms with Crippen molar-refractivity contribution in [2.24, 2.45) is 0 Å². The summed E-state index contributed by atoms with van der Waals surface area (Å²) in [5, 5.41) is 0. The van der Waals surface area contributed by atoms with E-state index >= 15 is 0 Å². The Bertz CT molecular complexity index is 1100. The summed E-state index contributed by atoms with van der Waals surface area (Å²) in [5.74, 6) is -1.89. The van der Waals surface area contributed by atoms with E-state index in [4.69, 9.17) is 23.7 Å². The number of ether oxygens (including phenoxy) is 5. The number of carbonyl (C=O) groups excluding carboxylic acids is 2. The van der Waals surface area contributed by atoms with Crippen LogP contribution in [0.5, 0.6) is 0 Å². The van der Waals surface area contributed by atoms with Gasteiger partial charge in [0, 0.05) is 51.7 Å². The maximum absolute atomic E-state index is 14.3. The minimum absolute atomic E-state index is 0.153. The zero-order valence-corrected chi connectivity index (χ0v) is 20.5. The van der Waals surface area contributed by atoms with Gasteiger partial charge in [-0.3, -0.25) is 4.79 Å². The van der Waals surface area contributed by atoms with Crippen LogP contribution in [0.2, 0.25) is 0 Å². The molecule has 5 rings (SSSR count). The molecule has 1 aromatic carbocycles. The van der Waals surface area contributed by atoms with E-state index in [1.54, 1.807) is 6.07 Å². The van der Waals surface area contributed by atoms with Gasteiger partial charge in [-0.1, -0.05) is 54.6 Å². The lowest BCUT2D eigenvalue weighted by Crippen LogP contribution is -2.54. The van der Waals surface area contributed by atoms with Crippen LogP contribution in [-0.2, 0) is 38.9 Å². The zero-order valence-electron chi connectivity index (χ0n) is 20.5. The lowest BCUT2D eigenvalue weighted by molar-refractivity contribution is -0.280. The lowest BCUT2D eigenvalue weighted by Gasteiger charge is -2.45. The van der Waals surface area contributed by atoms with Crippen molar-refractivity contribution in [3.05, 3.63) is 60.2 Å². The highest BCUT2D eigenvalue weighted by Crippen LogP contribution is 2.50. The molecule has 0 aliphatic carbocycles. The maximum Gasteiger partial charge on any atom is 0.432 e. The van der Waals surface area contributed by atoms with Crippen molar-refractivity contribution >= 4 is 11.9 Å². The molecule has 200 valence electrons. The van der Waals surface area contributed by atoms with Gasteiger partial charge in [-0.2, -0.15) is 13.2 Å². The minimum Gasteiger partial charge on any atom is -0.462 e. The first-order valence-corrected chi connectivity index (χ1v) is 12.3. The van der Waals surface area contributed by atoms with Crippen LogP contribution in [0.25, 0.3) is 0 Å². The molecule has 10 heteroatoms. The van der Waals surface area contributed by atoms with Crippen molar-refractivity contribution in [3.8, 4) is 0 Å². The molecule has 7 nitrogen and oxygen atoms in total. The quantitative estimate of drug-likeness (QED) is 0.390. The van der Waals surface area contributed by atoms with Crippen LogP contribution in [0.1, 0.15) is 44.6 Å².